The molecule has 0 N–H and O–H groups in total. The van der Waals surface area contributed by atoms with E-state index in [9.17, 15) is 9.18 Å². The Labute approximate surface area is 149 Å². The van der Waals surface area contributed by atoms with E-state index in [1.165, 1.54) is 18.1 Å². The van der Waals surface area contributed by atoms with Crippen LogP contribution in [0.25, 0.3) is 11.3 Å². The standard InChI is InChI=1S/C16H16Cl2FN3O2/c1-16(2,3)24-15(23)22(4)13-6-5-10(17)14(21-13)9-7-12(19)20-8-11(9)18/h5-8H,1-4H3. The number of rotatable bonds is 2. The highest BCUT2D eigenvalue weighted by Gasteiger charge is 2.22. The summed E-state index contributed by atoms with van der Waals surface area (Å²) in [5.74, 6) is -0.421. The average molecular weight is 372 g/mol. The number of anilines is 1. The van der Waals surface area contributed by atoms with Crippen LogP contribution < -0.4 is 4.90 Å². The molecule has 0 spiro atoms. The van der Waals surface area contributed by atoms with E-state index in [1.807, 2.05) is 0 Å². The molecule has 0 radical (unpaired) electrons. The molecule has 0 saturated heterocycles. The molecule has 128 valence electrons. The maximum Gasteiger partial charge on any atom is 0.415 e. The summed E-state index contributed by atoms with van der Waals surface area (Å²) in [6, 6.07) is 4.24. The van der Waals surface area contributed by atoms with Gasteiger partial charge in [-0.25, -0.2) is 14.8 Å². The molecular formula is C16H16Cl2FN3O2. The van der Waals surface area contributed by atoms with Crippen molar-refractivity contribution in [1.29, 1.82) is 0 Å². The number of halogens is 3. The number of hydrogen-bond donors (Lipinski definition) is 0. The molecule has 0 atom stereocenters. The van der Waals surface area contributed by atoms with Gasteiger partial charge in [0.25, 0.3) is 0 Å². The number of pyridine rings is 2. The largest absolute Gasteiger partial charge is 0.443 e. The third-order valence-electron chi connectivity index (χ3n) is 2.92. The topological polar surface area (TPSA) is 55.3 Å². The van der Waals surface area contributed by atoms with Gasteiger partial charge >= 0.3 is 6.09 Å². The number of amides is 1. The van der Waals surface area contributed by atoms with Gasteiger partial charge in [-0.15, -0.1) is 0 Å². The molecule has 0 aliphatic rings. The zero-order valence-corrected chi connectivity index (χ0v) is 15.1. The third-order valence-corrected chi connectivity index (χ3v) is 3.53. The SMILES string of the molecule is CN(C(=O)OC(C)(C)C)c1ccc(Cl)c(-c2cc(F)ncc2Cl)n1. The molecule has 0 aromatic carbocycles. The zero-order valence-electron chi connectivity index (χ0n) is 13.6. The smallest absolute Gasteiger partial charge is 0.415 e. The second-order valence-corrected chi connectivity index (χ2v) is 6.84. The van der Waals surface area contributed by atoms with Gasteiger partial charge in [-0.3, -0.25) is 4.90 Å². The second-order valence-electron chi connectivity index (χ2n) is 6.03. The Morgan fingerprint density at radius 3 is 2.54 bits per heavy atom. The van der Waals surface area contributed by atoms with Crippen LogP contribution in [0.5, 0.6) is 0 Å². The number of carbonyl (C=O) groups is 1. The van der Waals surface area contributed by atoms with E-state index in [0.29, 0.717) is 0 Å². The van der Waals surface area contributed by atoms with E-state index >= 15 is 0 Å². The lowest BCUT2D eigenvalue weighted by atomic mass is 10.1. The van der Waals surface area contributed by atoms with Gasteiger partial charge in [-0.2, -0.15) is 4.39 Å². The van der Waals surface area contributed by atoms with Crippen molar-refractivity contribution >= 4 is 35.1 Å². The van der Waals surface area contributed by atoms with Crippen LogP contribution in [0.1, 0.15) is 20.8 Å². The van der Waals surface area contributed by atoms with Crippen LogP contribution in [0.2, 0.25) is 10.0 Å². The summed E-state index contributed by atoms with van der Waals surface area (Å²) in [4.78, 5) is 21.2. The summed E-state index contributed by atoms with van der Waals surface area (Å²) in [6.45, 7) is 5.29. The Balaban J connectivity index is 2.42. The Morgan fingerprint density at radius 2 is 1.92 bits per heavy atom. The molecule has 0 unspecified atom stereocenters. The molecule has 5 nitrogen and oxygen atoms in total. The molecular weight excluding hydrogens is 356 g/mol. The van der Waals surface area contributed by atoms with E-state index in [4.69, 9.17) is 27.9 Å². The van der Waals surface area contributed by atoms with Crippen LogP contribution in [0.3, 0.4) is 0 Å². The van der Waals surface area contributed by atoms with E-state index in [1.54, 1.807) is 32.9 Å². The van der Waals surface area contributed by atoms with Crippen LogP contribution in [-0.4, -0.2) is 28.7 Å². The highest BCUT2D eigenvalue weighted by molar-refractivity contribution is 6.36. The number of hydrogen-bond acceptors (Lipinski definition) is 4. The summed E-state index contributed by atoms with van der Waals surface area (Å²) in [5.41, 5.74) is -0.109. The fourth-order valence-corrected chi connectivity index (χ4v) is 2.23. The van der Waals surface area contributed by atoms with Gasteiger partial charge in [0.15, 0.2) is 0 Å². The van der Waals surface area contributed by atoms with Crippen LogP contribution >= 0.6 is 23.2 Å². The molecule has 24 heavy (non-hydrogen) atoms. The van der Waals surface area contributed by atoms with Gasteiger partial charge in [-0.05, 0) is 32.9 Å². The van der Waals surface area contributed by atoms with Crippen LogP contribution in [-0.2, 0) is 4.74 Å². The molecule has 2 aromatic rings. The maximum atomic E-state index is 13.4. The van der Waals surface area contributed by atoms with E-state index in [0.717, 1.165) is 6.07 Å². The Kier molecular flexibility index (Phi) is 5.30. The highest BCUT2D eigenvalue weighted by Crippen LogP contribution is 2.33. The van der Waals surface area contributed by atoms with Gasteiger partial charge < -0.3 is 4.74 Å². The van der Waals surface area contributed by atoms with Gasteiger partial charge in [0, 0.05) is 24.9 Å². The Hall–Kier alpha value is -1.92. The normalized spacial score (nSPS) is 11.3. The quantitative estimate of drug-likeness (QED) is 0.699. The average Bonchev–Trinajstić information content (AvgIpc) is 2.48. The second kappa shape index (κ2) is 6.91. The van der Waals surface area contributed by atoms with Crippen molar-refractivity contribution in [1.82, 2.24) is 9.97 Å². The maximum absolute atomic E-state index is 13.4. The predicted octanol–water partition coefficient (Wildman–Crippen LogP) is 4.96. The van der Waals surface area contributed by atoms with Crippen molar-refractivity contribution in [2.45, 2.75) is 26.4 Å². The number of nitrogens with zero attached hydrogens (tertiary/aromatic N) is 3. The van der Waals surface area contributed by atoms with Crippen molar-refractivity contribution in [3.05, 3.63) is 40.4 Å². The van der Waals surface area contributed by atoms with Crippen LogP contribution in [0, 0.1) is 5.95 Å². The zero-order chi connectivity index (χ0) is 18.1. The first-order chi connectivity index (χ1) is 11.1. The fraction of sp³-hybridized carbons (Fsp3) is 0.312. The van der Waals surface area contributed by atoms with Crippen molar-refractivity contribution in [2.75, 3.05) is 11.9 Å². The number of carbonyl (C=O) groups excluding carboxylic acids is 1. The molecule has 0 aliphatic carbocycles. The first kappa shape index (κ1) is 18.4. The minimum absolute atomic E-state index is 0.197. The molecule has 8 heteroatoms. The van der Waals surface area contributed by atoms with E-state index in [-0.39, 0.29) is 27.1 Å². The van der Waals surface area contributed by atoms with Crippen LogP contribution in [0.4, 0.5) is 15.0 Å². The number of aromatic nitrogens is 2. The lowest BCUT2D eigenvalue weighted by molar-refractivity contribution is 0.0588. The lowest BCUT2D eigenvalue weighted by Gasteiger charge is -2.24. The summed E-state index contributed by atoms with van der Waals surface area (Å²) in [7, 11) is 1.52. The molecule has 0 aliphatic heterocycles. The summed E-state index contributed by atoms with van der Waals surface area (Å²) >= 11 is 12.2. The highest BCUT2D eigenvalue weighted by atomic mass is 35.5. The summed E-state index contributed by atoms with van der Waals surface area (Å²) in [5, 5.41) is 0.465. The first-order valence-corrected chi connectivity index (χ1v) is 7.79. The Morgan fingerprint density at radius 1 is 1.25 bits per heavy atom. The molecule has 0 fully saturated rings. The number of ether oxygens (including phenoxy) is 1. The van der Waals surface area contributed by atoms with E-state index < -0.39 is 17.6 Å². The Bertz CT molecular complexity index is 778. The fourth-order valence-electron chi connectivity index (χ4n) is 1.83. The first-order valence-electron chi connectivity index (χ1n) is 7.03. The van der Waals surface area contributed by atoms with Gasteiger partial charge in [-0.1, -0.05) is 23.2 Å². The van der Waals surface area contributed by atoms with Gasteiger partial charge in [0.1, 0.15) is 11.4 Å². The molecule has 2 aromatic heterocycles. The molecule has 0 saturated carbocycles. The minimum atomic E-state index is -0.710. The summed E-state index contributed by atoms with van der Waals surface area (Å²) < 4.78 is 18.7. The molecule has 2 rings (SSSR count). The van der Waals surface area contributed by atoms with Crippen molar-refractivity contribution in [2.24, 2.45) is 0 Å². The van der Waals surface area contributed by atoms with Crippen molar-refractivity contribution in [3.8, 4) is 11.3 Å². The van der Waals surface area contributed by atoms with Crippen molar-refractivity contribution < 1.29 is 13.9 Å². The van der Waals surface area contributed by atoms with Gasteiger partial charge in [0.05, 0.1) is 15.7 Å². The van der Waals surface area contributed by atoms with E-state index in [2.05, 4.69) is 9.97 Å². The molecule has 2 heterocycles. The molecule has 1 amide bonds. The summed E-state index contributed by atoms with van der Waals surface area (Å²) in [6.07, 6.45) is 0.601. The monoisotopic (exact) mass is 371 g/mol. The van der Waals surface area contributed by atoms with Crippen LogP contribution in [0.15, 0.2) is 24.4 Å². The predicted molar refractivity (Wildman–Crippen MR) is 92.1 cm³/mol. The third kappa shape index (κ3) is 4.33. The lowest BCUT2D eigenvalue weighted by Crippen LogP contribution is -2.34. The van der Waals surface area contributed by atoms with Gasteiger partial charge in [0.2, 0.25) is 5.95 Å². The minimum Gasteiger partial charge on any atom is -0.443 e. The molecule has 0 bridgehead atoms. The van der Waals surface area contributed by atoms with Crippen molar-refractivity contribution in [3.63, 3.8) is 0 Å².